The largest absolute Gasteiger partial charge is 0.391 e. The van der Waals surface area contributed by atoms with E-state index in [9.17, 15) is 9.32 Å². The van der Waals surface area contributed by atoms with Crippen LogP contribution in [0.1, 0.15) is 13.3 Å². The zero-order chi connectivity index (χ0) is 18.3. The highest BCUT2D eigenvalue weighted by atomic mass is 32.2. The molecule has 2 heterocycles. The van der Waals surface area contributed by atoms with Crippen LogP contribution in [0.25, 0.3) is 22.2 Å². The molecule has 0 bridgehead atoms. The van der Waals surface area contributed by atoms with Gasteiger partial charge in [0.1, 0.15) is 0 Å². The van der Waals surface area contributed by atoms with Crippen LogP contribution < -0.4 is 4.90 Å². The molecular weight excluding hydrogens is 346 g/mol. The molecule has 3 N–H and O–H groups in total. The summed E-state index contributed by atoms with van der Waals surface area (Å²) in [5, 5.41) is 11.0. The van der Waals surface area contributed by atoms with Crippen LogP contribution in [-0.2, 0) is 9.73 Å². The lowest BCUT2D eigenvalue weighted by atomic mass is 10.1. The minimum absolute atomic E-state index is 0.293. The number of fused-ring (bicyclic) bond motifs is 1. The highest BCUT2D eigenvalue weighted by Crippen LogP contribution is 2.36. The number of anilines is 1. The number of aromatic amines is 1. The number of aliphatic hydroxyl groups is 1. The summed E-state index contributed by atoms with van der Waals surface area (Å²) in [7, 11) is -2.79. The van der Waals surface area contributed by atoms with Gasteiger partial charge in [0, 0.05) is 51.6 Å². The van der Waals surface area contributed by atoms with Crippen LogP contribution in [0.2, 0.25) is 0 Å². The minimum Gasteiger partial charge on any atom is -0.391 e. The van der Waals surface area contributed by atoms with E-state index in [0.29, 0.717) is 17.2 Å². The van der Waals surface area contributed by atoms with Crippen molar-refractivity contribution in [3.8, 4) is 11.3 Å². The van der Waals surface area contributed by atoms with Crippen LogP contribution >= 0.6 is 0 Å². The third kappa shape index (κ3) is 2.99. The first kappa shape index (κ1) is 17.1. The number of benzene rings is 2. The van der Waals surface area contributed by atoms with Crippen molar-refractivity contribution in [3.05, 3.63) is 48.5 Å². The molecule has 1 fully saturated rings. The molecule has 5 nitrogen and oxygen atoms in total. The Hall–Kier alpha value is -2.31. The Morgan fingerprint density at radius 2 is 2.08 bits per heavy atom. The Labute approximate surface area is 153 Å². The molecule has 136 valence electrons. The number of hydrogen-bond donors (Lipinski definition) is 3. The summed E-state index contributed by atoms with van der Waals surface area (Å²) >= 11 is 0. The Morgan fingerprint density at radius 1 is 1.27 bits per heavy atom. The molecule has 3 aromatic rings. The van der Waals surface area contributed by atoms with Crippen LogP contribution in [0, 0.1) is 4.78 Å². The quantitative estimate of drug-likeness (QED) is 0.654. The molecule has 0 radical (unpaired) electrons. The second-order valence-electron chi connectivity index (χ2n) is 6.80. The Kier molecular flexibility index (Phi) is 4.25. The first-order valence-electron chi connectivity index (χ1n) is 8.89. The molecule has 6 heteroatoms. The van der Waals surface area contributed by atoms with Crippen molar-refractivity contribution >= 4 is 26.3 Å². The number of para-hydroxylation sites is 1. The van der Waals surface area contributed by atoms with Crippen molar-refractivity contribution in [1.82, 2.24) is 4.98 Å². The maximum Gasteiger partial charge on any atom is 0.0731 e. The van der Waals surface area contributed by atoms with Crippen LogP contribution in [0.5, 0.6) is 0 Å². The molecule has 26 heavy (non-hydrogen) atoms. The summed E-state index contributed by atoms with van der Waals surface area (Å²) in [5.41, 5.74) is 3.92. The van der Waals surface area contributed by atoms with Gasteiger partial charge in [-0.1, -0.05) is 25.1 Å². The molecule has 0 spiro atoms. The van der Waals surface area contributed by atoms with Crippen LogP contribution in [0.15, 0.2) is 53.4 Å². The fourth-order valence-electron chi connectivity index (χ4n) is 3.56. The van der Waals surface area contributed by atoms with E-state index in [1.807, 2.05) is 30.3 Å². The molecule has 0 saturated carbocycles. The molecule has 0 aliphatic carbocycles. The van der Waals surface area contributed by atoms with E-state index in [0.717, 1.165) is 40.8 Å². The molecule has 4 rings (SSSR count). The third-order valence-electron chi connectivity index (χ3n) is 5.08. The number of H-pyrrole nitrogens is 1. The number of aromatic nitrogens is 1. The maximum absolute atomic E-state index is 12.6. The summed E-state index contributed by atoms with van der Waals surface area (Å²) in [6.45, 7) is 3.16. The van der Waals surface area contributed by atoms with Crippen LogP contribution in [0.3, 0.4) is 0 Å². The average Bonchev–Trinajstić information content (AvgIpc) is 3.27. The van der Waals surface area contributed by atoms with E-state index in [1.165, 1.54) is 0 Å². The van der Waals surface area contributed by atoms with Gasteiger partial charge in [-0.25, -0.2) is 8.99 Å². The number of nitrogens with one attached hydrogen (secondary N) is 2. The van der Waals surface area contributed by atoms with E-state index in [-0.39, 0.29) is 6.10 Å². The van der Waals surface area contributed by atoms with Crippen molar-refractivity contribution in [2.75, 3.05) is 23.7 Å². The number of hydrogen-bond acceptors (Lipinski definition) is 4. The van der Waals surface area contributed by atoms with E-state index in [4.69, 9.17) is 4.78 Å². The second kappa shape index (κ2) is 6.45. The van der Waals surface area contributed by atoms with E-state index in [1.54, 1.807) is 13.0 Å². The Bertz CT molecular complexity index is 1020. The van der Waals surface area contributed by atoms with Gasteiger partial charge in [-0.05, 0) is 36.8 Å². The minimum atomic E-state index is -2.79. The summed E-state index contributed by atoms with van der Waals surface area (Å²) < 4.78 is 20.8. The van der Waals surface area contributed by atoms with Crippen molar-refractivity contribution in [3.63, 3.8) is 0 Å². The SMILES string of the molecule is CCS(=N)(=O)c1ccc(N2CC[C@H](O)C2)c(-c2cc3ccccc3[nH]2)c1. The fraction of sp³-hybridized carbons (Fsp3) is 0.300. The van der Waals surface area contributed by atoms with Gasteiger partial charge in [-0.3, -0.25) is 0 Å². The molecule has 1 saturated heterocycles. The molecular formula is C20H23N3O2S. The van der Waals surface area contributed by atoms with Gasteiger partial charge in [-0.15, -0.1) is 0 Å². The van der Waals surface area contributed by atoms with Crippen LogP contribution in [0.4, 0.5) is 5.69 Å². The van der Waals surface area contributed by atoms with Gasteiger partial charge >= 0.3 is 0 Å². The monoisotopic (exact) mass is 369 g/mol. The number of rotatable bonds is 4. The number of aliphatic hydroxyl groups excluding tert-OH is 1. The lowest BCUT2D eigenvalue weighted by Gasteiger charge is -2.22. The molecule has 1 aliphatic rings. The third-order valence-corrected chi connectivity index (χ3v) is 6.91. The zero-order valence-electron chi connectivity index (χ0n) is 14.7. The highest BCUT2D eigenvalue weighted by molar-refractivity contribution is 7.92. The van der Waals surface area contributed by atoms with Crippen molar-refractivity contribution in [2.24, 2.45) is 0 Å². The second-order valence-corrected chi connectivity index (χ2v) is 9.20. The average molecular weight is 369 g/mol. The molecule has 1 unspecified atom stereocenters. The van der Waals surface area contributed by atoms with Gasteiger partial charge in [0.05, 0.1) is 15.8 Å². The summed E-state index contributed by atoms with van der Waals surface area (Å²) in [6.07, 6.45) is 0.430. The maximum atomic E-state index is 12.6. The smallest absolute Gasteiger partial charge is 0.0731 e. The van der Waals surface area contributed by atoms with E-state index >= 15 is 0 Å². The fourth-order valence-corrected chi connectivity index (χ4v) is 4.49. The molecule has 0 amide bonds. The summed E-state index contributed by atoms with van der Waals surface area (Å²) in [5.74, 6) is 0.293. The first-order chi connectivity index (χ1) is 12.5. The first-order valence-corrected chi connectivity index (χ1v) is 10.6. The normalized spacial score (nSPS) is 19.8. The predicted molar refractivity (Wildman–Crippen MR) is 106 cm³/mol. The molecule has 2 aromatic carbocycles. The van der Waals surface area contributed by atoms with Gasteiger partial charge in [0.25, 0.3) is 0 Å². The summed E-state index contributed by atoms with van der Waals surface area (Å²) in [4.78, 5) is 6.15. The predicted octanol–water partition coefficient (Wildman–Crippen LogP) is 3.83. The van der Waals surface area contributed by atoms with Crippen LogP contribution in [-0.4, -0.2) is 39.2 Å². The summed E-state index contributed by atoms with van der Waals surface area (Å²) in [6, 6.07) is 15.8. The molecule has 1 aliphatic heterocycles. The van der Waals surface area contributed by atoms with Gasteiger partial charge in [-0.2, -0.15) is 0 Å². The van der Waals surface area contributed by atoms with Gasteiger partial charge < -0.3 is 15.0 Å². The Morgan fingerprint density at radius 3 is 2.77 bits per heavy atom. The topological polar surface area (TPSA) is 80.2 Å². The zero-order valence-corrected chi connectivity index (χ0v) is 15.6. The van der Waals surface area contributed by atoms with Crippen molar-refractivity contribution in [2.45, 2.75) is 24.3 Å². The standard InChI is InChI=1S/C20H23N3O2S/c1-2-26(21,25)16-7-8-20(23-10-9-15(24)13-23)17(12-16)19-11-14-5-3-4-6-18(14)22-19/h3-8,11-12,15,21-22,24H,2,9-10,13H2,1H3/t15-,26?/m0/s1. The molecule has 2 atom stereocenters. The van der Waals surface area contributed by atoms with Gasteiger partial charge in [0.15, 0.2) is 0 Å². The van der Waals surface area contributed by atoms with E-state index < -0.39 is 9.73 Å². The highest BCUT2D eigenvalue weighted by Gasteiger charge is 2.24. The van der Waals surface area contributed by atoms with Crippen molar-refractivity contribution < 1.29 is 9.32 Å². The Balaban J connectivity index is 1.89. The molecule has 1 aromatic heterocycles. The van der Waals surface area contributed by atoms with Gasteiger partial charge in [0.2, 0.25) is 0 Å². The number of nitrogens with zero attached hydrogens (tertiary/aromatic N) is 1. The number of β-amino-alcohol motifs (C(OH)–C–C–N with tert-alkyl or cyclic N) is 1. The lowest BCUT2D eigenvalue weighted by Crippen LogP contribution is -2.22. The lowest BCUT2D eigenvalue weighted by molar-refractivity contribution is 0.198. The van der Waals surface area contributed by atoms with E-state index in [2.05, 4.69) is 22.0 Å². The van der Waals surface area contributed by atoms with Crippen molar-refractivity contribution in [1.29, 1.82) is 4.78 Å².